The SMILES string of the molecule is C=CC1=C(C=C)C2(c3ccccc3)c3ccccc3N(c3ccccc3)c3cccc1c32. The van der Waals surface area contributed by atoms with Crippen molar-refractivity contribution in [3.63, 3.8) is 0 Å². The summed E-state index contributed by atoms with van der Waals surface area (Å²) >= 11 is 0. The molecule has 1 atom stereocenters. The molecular weight excluding hydrogens is 386 g/mol. The van der Waals surface area contributed by atoms with Crippen molar-refractivity contribution in [2.24, 2.45) is 0 Å². The van der Waals surface area contributed by atoms with Gasteiger partial charge in [0.25, 0.3) is 0 Å². The monoisotopic (exact) mass is 409 g/mol. The van der Waals surface area contributed by atoms with Crippen LogP contribution < -0.4 is 4.90 Å². The minimum absolute atomic E-state index is 0.430. The van der Waals surface area contributed by atoms with Crippen molar-refractivity contribution in [3.8, 4) is 0 Å². The molecule has 1 heterocycles. The van der Waals surface area contributed by atoms with Gasteiger partial charge in [0.05, 0.1) is 16.8 Å². The highest BCUT2D eigenvalue weighted by Crippen LogP contribution is 2.63. The van der Waals surface area contributed by atoms with E-state index in [9.17, 15) is 0 Å². The van der Waals surface area contributed by atoms with E-state index in [1.807, 2.05) is 12.2 Å². The number of anilines is 3. The summed E-state index contributed by atoms with van der Waals surface area (Å²) in [5.74, 6) is 0. The fraction of sp³-hybridized carbons (Fsp3) is 0.0323. The lowest BCUT2D eigenvalue weighted by Crippen LogP contribution is -2.36. The third kappa shape index (κ3) is 2.23. The van der Waals surface area contributed by atoms with Gasteiger partial charge >= 0.3 is 0 Å². The van der Waals surface area contributed by atoms with Crippen molar-refractivity contribution in [2.45, 2.75) is 5.41 Å². The molecular formula is C31H23N. The van der Waals surface area contributed by atoms with Gasteiger partial charge in [-0.25, -0.2) is 0 Å². The van der Waals surface area contributed by atoms with Gasteiger partial charge in [-0.1, -0.05) is 104 Å². The number of allylic oxidation sites excluding steroid dienone is 4. The van der Waals surface area contributed by atoms with E-state index in [0.29, 0.717) is 0 Å². The van der Waals surface area contributed by atoms with E-state index in [1.54, 1.807) is 0 Å². The van der Waals surface area contributed by atoms with Crippen LogP contribution in [0.1, 0.15) is 22.3 Å². The zero-order valence-corrected chi connectivity index (χ0v) is 17.8. The van der Waals surface area contributed by atoms with Crippen molar-refractivity contribution >= 4 is 22.6 Å². The zero-order chi connectivity index (χ0) is 21.7. The van der Waals surface area contributed by atoms with Crippen LogP contribution in [0.4, 0.5) is 17.1 Å². The summed E-state index contributed by atoms with van der Waals surface area (Å²) in [7, 11) is 0. The Morgan fingerprint density at radius 2 is 1.28 bits per heavy atom. The van der Waals surface area contributed by atoms with Gasteiger partial charge in [-0.2, -0.15) is 0 Å². The molecule has 4 aromatic rings. The van der Waals surface area contributed by atoms with E-state index in [0.717, 1.165) is 11.3 Å². The van der Waals surface area contributed by atoms with E-state index in [-0.39, 0.29) is 0 Å². The van der Waals surface area contributed by atoms with Crippen molar-refractivity contribution < 1.29 is 0 Å². The maximum absolute atomic E-state index is 4.28. The Kier molecular flexibility index (Phi) is 4.06. The molecule has 0 N–H and O–H groups in total. The number of hydrogen-bond acceptors (Lipinski definition) is 1. The van der Waals surface area contributed by atoms with E-state index < -0.39 is 5.41 Å². The van der Waals surface area contributed by atoms with Crippen molar-refractivity contribution in [1.82, 2.24) is 0 Å². The molecule has 1 aliphatic heterocycles. The first-order valence-electron chi connectivity index (χ1n) is 11.0. The molecule has 0 fully saturated rings. The maximum atomic E-state index is 4.28. The van der Waals surface area contributed by atoms with Crippen LogP contribution >= 0.6 is 0 Å². The second-order valence-corrected chi connectivity index (χ2v) is 8.24. The third-order valence-corrected chi connectivity index (χ3v) is 6.82. The highest BCUT2D eigenvalue weighted by molar-refractivity contribution is 6.00. The van der Waals surface area contributed by atoms with Crippen LogP contribution in [0.2, 0.25) is 0 Å². The normalized spacial score (nSPS) is 18.2. The first-order valence-corrected chi connectivity index (χ1v) is 11.0. The number of fused-ring (bicyclic) bond motifs is 2. The second-order valence-electron chi connectivity index (χ2n) is 8.24. The maximum Gasteiger partial charge on any atom is 0.0754 e. The van der Waals surface area contributed by atoms with Crippen LogP contribution in [0, 0.1) is 0 Å². The van der Waals surface area contributed by atoms with Gasteiger partial charge in [0.1, 0.15) is 0 Å². The number of nitrogens with zero attached hydrogens (tertiary/aromatic N) is 1. The summed E-state index contributed by atoms with van der Waals surface area (Å²) in [5, 5.41) is 0. The molecule has 0 saturated heterocycles. The highest BCUT2D eigenvalue weighted by Gasteiger charge is 2.52. The Morgan fingerprint density at radius 1 is 0.625 bits per heavy atom. The molecule has 0 spiro atoms. The van der Waals surface area contributed by atoms with Gasteiger partial charge in [0.2, 0.25) is 0 Å². The minimum atomic E-state index is -0.430. The molecule has 0 bridgehead atoms. The van der Waals surface area contributed by atoms with Crippen LogP contribution in [-0.4, -0.2) is 0 Å². The predicted octanol–water partition coefficient (Wildman–Crippen LogP) is 7.94. The largest absolute Gasteiger partial charge is 0.310 e. The molecule has 6 rings (SSSR count). The van der Waals surface area contributed by atoms with E-state index in [1.165, 1.54) is 39.2 Å². The molecule has 1 unspecified atom stereocenters. The van der Waals surface area contributed by atoms with Gasteiger partial charge < -0.3 is 4.90 Å². The summed E-state index contributed by atoms with van der Waals surface area (Å²) in [6.07, 6.45) is 4.02. The molecule has 0 radical (unpaired) electrons. The Labute approximate surface area is 189 Å². The Balaban J connectivity index is 1.83. The average Bonchev–Trinajstić information content (AvgIpc) is 3.17. The van der Waals surface area contributed by atoms with Gasteiger partial charge in [-0.15, -0.1) is 0 Å². The Hall–Kier alpha value is -4.10. The lowest BCUT2D eigenvalue weighted by molar-refractivity contribution is 0.747. The van der Waals surface area contributed by atoms with Crippen LogP contribution in [0.25, 0.3) is 5.57 Å². The van der Waals surface area contributed by atoms with Crippen LogP contribution in [-0.2, 0) is 5.41 Å². The Morgan fingerprint density at radius 3 is 2.00 bits per heavy atom. The van der Waals surface area contributed by atoms with Crippen LogP contribution in [0.3, 0.4) is 0 Å². The predicted molar refractivity (Wildman–Crippen MR) is 135 cm³/mol. The molecule has 32 heavy (non-hydrogen) atoms. The fourth-order valence-electron chi connectivity index (χ4n) is 5.70. The summed E-state index contributed by atoms with van der Waals surface area (Å²) in [5.41, 5.74) is 10.5. The topological polar surface area (TPSA) is 3.24 Å². The van der Waals surface area contributed by atoms with Gasteiger partial charge in [0.15, 0.2) is 0 Å². The standard InChI is InChI=1S/C31H23N/c1-3-24-25-18-13-21-29-30(25)31(26(24)4-2,22-14-7-5-8-15-22)27-19-11-12-20-28(27)32(29)23-16-9-6-10-17-23/h3-21H,1-2H2. The highest BCUT2D eigenvalue weighted by atomic mass is 15.2. The first-order chi connectivity index (χ1) is 15.8. The third-order valence-electron chi connectivity index (χ3n) is 6.82. The summed E-state index contributed by atoms with van der Waals surface area (Å²) in [4.78, 5) is 2.39. The van der Waals surface area contributed by atoms with Gasteiger partial charge in [-0.05, 0) is 52.1 Å². The van der Waals surface area contributed by atoms with Crippen molar-refractivity contribution in [1.29, 1.82) is 0 Å². The summed E-state index contributed by atoms with van der Waals surface area (Å²) in [6.45, 7) is 8.47. The van der Waals surface area contributed by atoms with Crippen LogP contribution in [0.5, 0.6) is 0 Å². The molecule has 1 aliphatic carbocycles. The summed E-state index contributed by atoms with van der Waals surface area (Å²) < 4.78 is 0. The Bertz CT molecular complexity index is 1400. The molecule has 152 valence electrons. The lowest BCUT2D eigenvalue weighted by atomic mass is 9.64. The van der Waals surface area contributed by atoms with E-state index in [2.05, 4.69) is 121 Å². The van der Waals surface area contributed by atoms with Gasteiger partial charge in [-0.3, -0.25) is 0 Å². The zero-order valence-electron chi connectivity index (χ0n) is 17.8. The quantitative estimate of drug-likeness (QED) is 0.331. The number of para-hydroxylation sites is 2. The molecule has 4 aromatic carbocycles. The van der Waals surface area contributed by atoms with E-state index in [4.69, 9.17) is 0 Å². The average molecular weight is 410 g/mol. The number of hydrogen-bond donors (Lipinski definition) is 0. The molecule has 0 aromatic heterocycles. The number of benzene rings is 4. The minimum Gasteiger partial charge on any atom is -0.310 e. The summed E-state index contributed by atoms with van der Waals surface area (Å²) in [6, 6.07) is 36.8. The number of rotatable bonds is 4. The smallest absolute Gasteiger partial charge is 0.0754 e. The molecule has 2 aliphatic rings. The molecule has 0 saturated carbocycles. The van der Waals surface area contributed by atoms with E-state index >= 15 is 0 Å². The molecule has 1 nitrogen and oxygen atoms in total. The van der Waals surface area contributed by atoms with Crippen molar-refractivity contribution in [2.75, 3.05) is 4.90 Å². The fourth-order valence-corrected chi connectivity index (χ4v) is 5.70. The first kappa shape index (κ1) is 18.7. The lowest BCUT2D eigenvalue weighted by Gasteiger charge is -2.45. The molecule has 1 heteroatoms. The van der Waals surface area contributed by atoms with Gasteiger partial charge in [0, 0.05) is 11.3 Å². The van der Waals surface area contributed by atoms with Crippen molar-refractivity contribution in [3.05, 3.63) is 156 Å². The second kappa shape index (κ2) is 6.96. The molecule has 0 amide bonds. The van der Waals surface area contributed by atoms with Crippen LogP contribution in [0.15, 0.2) is 134 Å².